The number of hydrogen-bond acceptors (Lipinski definition) is 6. The van der Waals surface area contributed by atoms with Gasteiger partial charge in [0.1, 0.15) is 0 Å². The van der Waals surface area contributed by atoms with Crippen LogP contribution in [0.5, 0.6) is 0 Å². The molecule has 26 heavy (non-hydrogen) atoms. The van der Waals surface area contributed by atoms with Crippen LogP contribution in [0, 0.1) is 6.92 Å². The van der Waals surface area contributed by atoms with Gasteiger partial charge in [-0.2, -0.15) is 5.10 Å². The Bertz CT molecular complexity index is 723. The summed E-state index contributed by atoms with van der Waals surface area (Å²) in [6, 6.07) is 1.87. The van der Waals surface area contributed by atoms with Gasteiger partial charge in [-0.15, -0.1) is 0 Å². The van der Waals surface area contributed by atoms with Gasteiger partial charge in [0.25, 0.3) is 0 Å². The Morgan fingerprint density at radius 3 is 2.62 bits per heavy atom. The number of aliphatic hydroxyl groups excluding tert-OH is 1. The second kappa shape index (κ2) is 7.32. The zero-order chi connectivity index (χ0) is 18.0. The average Bonchev–Trinajstić information content (AvgIpc) is 3.21. The average molecular weight is 356 g/mol. The van der Waals surface area contributed by atoms with Crippen LogP contribution >= 0.6 is 0 Å². The maximum absolute atomic E-state index is 9.14. The molecule has 2 aromatic heterocycles. The molecular formula is C19H28N6O. The van der Waals surface area contributed by atoms with Crippen LogP contribution in [0.25, 0.3) is 0 Å². The third-order valence-electron chi connectivity index (χ3n) is 6.01. The van der Waals surface area contributed by atoms with Crippen molar-refractivity contribution in [2.75, 3.05) is 31.1 Å². The van der Waals surface area contributed by atoms with E-state index in [2.05, 4.69) is 38.0 Å². The summed E-state index contributed by atoms with van der Waals surface area (Å²) < 4.78 is 1.86. The molecule has 0 unspecified atom stereocenters. The van der Waals surface area contributed by atoms with Crippen LogP contribution in [0.15, 0.2) is 24.7 Å². The molecule has 0 aromatic carbocycles. The molecule has 0 bridgehead atoms. The van der Waals surface area contributed by atoms with Crippen molar-refractivity contribution in [3.63, 3.8) is 0 Å². The third kappa shape index (κ3) is 3.33. The third-order valence-corrected chi connectivity index (χ3v) is 6.01. The molecule has 7 nitrogen and oxygen atoms in total. The van der Waals surface area contributed by atoms with E-state index in [0.29, 0.717) is 12.1 Å². The molecule has 1 N–H and O–H groups in total. The topological polar surface area (TPSA) is 70.3 Å². The lowest BCUT2D eigenvalue weighted by atomic mass is 9.85. The van der Waals surface area contributed by atoms with Crippen molar-refractivity contribution in [1.82, 2.24) is 24.6 Å². The van der Waals surface area contributed by atoms with Gasteiger partial charge >= 0.3 is 0 Å². The fraction of sp³-hybridized carbons (Fsp3) is 0.632. The number of likely N-dealkylation sites (tertiary alicyclic amines) is 1. The summed E-state index contributed by atoms with van der Waals surface area (Å²) >= 11 is 0. The van der Waals surface area contributed by atoms with E-state index < -0.39 is 0 Å². The number of piperidine rings is 1. The van der Waals surface area contributed by atoms with Crippen molar-refractivity contribution < 1.29 is 5.11 Å². The Morgan fingerprint density at radius 2 is 1.88 bits per heavy atom. The molecular weight excluding hydrogens is 328 g/mol. The predicted molar refractivity (Wildman–Crippen MR) is 99.9 cm³/mol. The minimum atomic E-state index is 0.131. The predicted octanol–water partition coefficient (Wildman–Crippen LogP) is 1.61. The van der Waals surface area contributed by atoms with Crippen molar-refractivity contribution >= 4 is 5.95 Å². The van der Waals surface area contributed by atoms with E-state index in [1.807, 2.05) is 23.1 Å². The van der Waals surface area contributed by atoms with E-state index in [1.165, 1.54) is 18.4 Å². The summed E-state index contributed by atoms with van der Waals surface area (Å²) in [5.74, 6) is 0.855. The first-order chi connectivity index (χ1) is 12.7. The molecule has 2 fully saturated rings. The second-order valence-electron chi connectivity index (χ2n) is 7.51. The summed E-state index contributed by atoms with van der Waals surface area (Å²) in [7, 11) is 0. The van der Waals surface area contributed by atoms with E-state index in [9.17, 15) is 0 Å². The summed E-state index contributed by atoms with van der Waals surface area (Å²) in [4.78, 5) is 13.8. The molecule has 2 aliphatic heterocycles. The second-order valence-corrected chi connectivity index (χ2v) is 7.51. The molecule has 0 saturated carbocycles. The lowest BCUT2D eigenvalue weighted by Crippen LogP contribution is -2.52. The fourth-order valence-corrected chi connectivity index (χ4v) is 4.52. The standard InChI is InChI=1S/C19H28N6O/c1-16-17(15-25(22-16)12-13-26)14-24-9-2-4-19(24)5-10-23(11-6-19)18-20-7-3-8-21-18/h3,7-8,15,26H,2,4-6,9-14H2,1H3. The number of hydrogen-bond donors (Lipinski definition) is 1. The normalized spacial score (nSPS) is 20.2. The minimum absolute atomic E-state index is 0.131. The highest BCUT2D eigenvalue weighted by Gasteiger charge is 2.43. The van der Waals surface area contributed by atoms with Crippen molar-refractivity contribution in [3.8, 4) is 0 Å². The van der Waals surface area contributed by atoms with Crippen LogP contribution in [-0.2, 0) is 13.1 Å². The molecule has 4 heterocycles. The molecule has 4 rings (SSSR count). The Balaban J connectivity index is 1.44. The van der Waals surface area contributed by atoms with Crippen LogP contribution < -0.4 is 4.90 Å². The van der Waals surface area contributed by atoms with Crippen molar-refractivity contribution in [2.45, 2.75) is 51.2 Å². The number of rotatable bonds is 5. The highest BCUT2D eigenvalue weighted by atomic mass is 16.3. The molecule has 7 heteroatoms. The van der Waals surface area contributed by atoms with Crippen LogP contribution in [-0.4, -0.2) is 61.5 Å². The molecule has 2 aliphatic rings. The first-order valence-electron chi connectivity index (χ1n) is 9.61. The molecule has 0 amide bonds. The van der Waals surface area contributed by atoms with Gasteiger partial charge in [0.2, 0.25) is 5.95 Å². The van der Waals surface area contributed by atoms with E-state index in [4.69, 9.17) is 5.11 Å². The highest BCUT2D eigenvalue weighted by molar-refractivity contribution is 5.30. The van der Waals surface area contributed by atoms with E-state index in [-0.39, 0.29) is 6.61 Å². The van der Waals surface area contributed by atoms with E-state index >= 15 is 0 Å². The Kier molecular flexibility index (Phi) is 4.91. The van der Waals surface area contributed by atoms with Gasteiger partial charge in [-0.3, -0.25) is 9.58 Å². The summed E-state index contributed by atoms with van der Waals surface area (Å²) in [5, 5.41) is 13.7. The van der Waals surface area contributed by atoms with Crippen molar-refractivity contribution in [3.05, 3.63) is 35.9 Å². The van der Waals surface area contributed by atoms with Gasteiger partial charge in [-0.25, -0.2) is 9.97 Å². The Labute approximate surface area is 154 Å². The first kappa shape index (κ1) is 17.4. The lowest BCUT2D eigenvalue weighted by Gasteiger charge is -2.45. The number of aryl methyl sites for hydroxylation is 1. The monoisotopic (exact) mass is 356 g/mol. The van der Waals surface area contributed by atoms with Gasteiger partial charge < -0.3 is 10.0 Å². The van der Waals surface area contributed by atoms with Crippen LogP contribution in [0.2, 0.25) is 0 Å². The van der Waals surface area contributed by atoms with E-state index in [0.717, 1.165) is 50.7 Å². The van der Waals surface area contributed by atoms with Crippen molar-refractivity contribution in [1.29, 1.82) is 0 Å². The van der Waals surface area contributed by atoms with Gasteiger partial charge in [-0.1, -0.05) is 0 Å². The van der Waals surface area contributed by atoms with E-state index in [1.54, 1.807) is 0 Å². The quantitative estimate of drug-likeness (QED) is 0.878. The largest absolute Gasteiger partial charge is 0.394 e. The molecule has 1 spiro atoms. The zero-order valence-corrected chi connectivity index (χ0v) is 15.5. The van der Waals surface area contributed by atoms with Gasteiger partial charge in [0.15, 0.2) is 0 Å². The zero-order valence-electron chi connectivity index (χ0n) is 15.5. The molecule has 0 radical (unpaired) electrons. The summed E-state index contributed by atoms with van der Waals surface area (Å²) in [5.41, 5.74) is 2.67. The number of aromatic nitrogens is 4. The van der Waals surface area contributed by atoms with Gasteiger partial charge in [0, 0.05) is 49.3 Å². The molecule has 140 valence electrons. The SMILES string of the molecule is Cc1nn(CCO)cc1CN1CCCC12CCN(c1ncccn1)CC2. The van der Waals surface area contributed by atoms with Gasteiger partial charge in [0.05, 0.1) is 18.8 Å². The van der Waals surface area contributed by atoms with Crippen LogP contribution in [0.4, 0.5) is 5.95 Å². The maximum atomic E-state index is 9.14. The molecule has 2 aromatic rings. The van der Waals surface area contributed by atoms with Crippen molar-refractivity contribution in [2.24, 2.45) is 0 Å². The molecule has 0 aliphatic carbocycles. The lowest BCUT2D eigenvalue weighted by molar-refractivity contribution is 0.0992. The number of aliphatic hydroxyl groups is 1. The molecule has 2 saturated heterocycles. The minimum Gasteiger partial charge on any atom is -0.394 e. The van der Waals surface area contributed by atoms with Gasteiger partial charge in [-0.05, 0) is 45.2 Å². The first-order valence-corrected chi connectivity index (χ1v) is 9.61. The summed E-state index contributed by atoms with van der Waals surface area (Å²) in [6.07, 6.45) is 10.6. The maximum Gasteiger partial charge on any atom is 0.225 e. The Hall–Kier alpha value is -1.99. The smallest absolute Gasteiger partial charge is 0.225 e. The van der Waals surface area contributed by atoms with Crippen LogP contribution in [0.3, 0.4) is 0 Å². The fourth-order valence-electron chi connectivity index (χ4n) is 4.52. The highest BCUT2D eigenvalue weighted by Crippen LogP contribution is 2.40. The van der Waals surface area contributed by atoms with Crippen LogP contribution in [0.1, 0.15) is 36.9 Å². The number of nitrogens with zero attached hydrogens (tertiary/aromatic N) is 6. The number of anilines is 1. The molecule has 0 atom stereocenters. The Morgan fingerprint density at radius 1 is 1.12 bits per heavy atom. The summed E-state index contributed by atoms with van der Waals surface area (Å²) in [6.45, 7) is 6.92.